The van der Waals surface area contributed by atoms with Crippen molar-refractivity contribution in [2.45, 2.75) is 0 Å². The number of halogens is 2. The Morgan fingerprint density at radius 2 is 2.00 bits per heavy atom. The second-order valence-corrected chi connectivity index (χ2v) is 2.82. The maximum absolute atomic E-state index is 12.4. The molecule has 64 valence electrons. The molecule has 0 unspecified atom stereocenters. The van der Waals surface area contributed by atoms with Gasteiger partial charge in [-0.05, 0) is 40.2 Å². The Labute approximate surface area is 78.2 Å². The van der Waals surface area contributed by atoms with Crippen molar-refractivity contribution >= 4 is 20.6 Å². The first-order valence-corrected chi connectivity index (χ1v) is 4.06. The van der Waals surface area contributed by atoms with Crippen LogP contribution >= 0.6 is 15.9 Å². The minimum atomic E-state index is -0.267. The molecule has 0 N–H and O–H groups in total. The summed E-state index contributed by atoms with van der Waals surface area (Å²) >= 11 is 3.17. The fraction of sp³-hybridized carbons (Fsp3) is 0.125. The number of hydrogen-bond acceptors (Lipinski definition) is 2. The highest BCUT2D eigenvalue weighted by molar-refractivity contribution is 9.18. The van der Waals surface area contributed by atoms with Gasteiger partial charge >= 0.3 is 0 Å². The van der Waals surface area contributed by atoms with Crippen molar-refractivity contribution in [2.24, 2.45) is 5.16 Å². The molecule has 2 nitrogen and oxygen atoms in total. The molecule has 0 spiro atoms. The highest BCUT2D eigenvalue weighted by Gasteiger charge is 1.98. The van der Waals surface area contributed by atoms with Crippen LogP contribution < -0.4 is 0 Å². The van der Waals surface area contributed by atoms with E-state index in [4.69, 9.17) is 0 Å². The van der Waals surface area contributed by atoms with Gasteiger partial charge in [0.05, 0.1) is 0 Å². The van der Waals surface area contributed by atoms with Crippen LogP contribution in [0.1, 0.15) is 5.56 Å². The maximum atomic E-state index is 12.4. The summed E-state index contributed by atoms with van der Waals surface area (Å²) in [5.41, 5.74) is 0.776. The van der Waals surface area contributed by atoms with Crippen LogP contribution in [0.3, 0.4) is 0 Å². The van der Waals surface area contributed by atoms with Crippen molar-refractivity contribution in [3.8, 4) is 0 Å². The first kappa shape index (κ1) is 9.19. The molecule has 0 radical (unpaired) electrons. The van der Waals surface area contributed by atoms with Crippen LogP contribution in [0, 0.1) is 5.82 Å². The second kappa shape index (κ2) is 4.21. The van der Waals surface area contributed by atoms with Gasteiger partial charge in [0.1, 0.15) is 12.9 Å². The quantitative estimate of drug-likeness (QED) is 0.567. The molecule has 0 atom stereocenters. The largest absolute Gasteiger partial charge is 0.398 e. The molecule has 0 aliphatic rings. The van der Waals surface area contributed by atoms with Crippen LogP contribution in [-0.2, 0) is 4.84 Å². The number of nitrogens with zero attached hydrogens (tertiary/aromatic N) is 1. The predicted octanol–water partition coefficient (Wildman–Crippen LogP) is 2.53. The number of oxime groups is 1. The van der Waals surface area contributed by atoms with E-state index in [-0.39, 0.29) is 5.82 Å². The molecular weight excluding hydrogens is 225 g/mol. The SMILES string of the molecule is CO/N=C(\Br)c1ccc(F)cc1. The van der Waals surface area contributed by atoms with Crippen LogP contribution in [-0.4, -0.2) is 11.7 Å². The van der Waals surface area contributed by atoms with E-state index >= 15 is 0 Å². The lowest BCUT2D eigenvalue weighted by Gasteiger charge is -1.96. The molecule has 1 rings (SSSR count). The minimum absolute atomic E-state index is 0.267. The average Bonchev–Trinajstić information content (AvgIpc) is 2.06. The summed E-state index contributed by atoms with van der Waals surface area (Å²) in [6.45, 7) is 0. The third-order valence-corrected chi connectivity index (χ3v) is 1.86. The molecule has 0 saturated carbocycles. The molecule has 0 amide bonds. The average molecular weight is 232 g/mol. The first-order chi connectivity index (χ1) is 5.74. The summed E-state index contributed by atoms with van der Waals surface area (Å²) in [5.74, 6) is -0.267. The summed E-state index contributed by atoms with van der Waals surface area (Å²) in [5, 5.41) is 3.64. The van der Waals surface area contributed by atoms with Crippen molar-refractivity contribution in [2.75, 3.05) is 7.11 Å². The highest BCUT2D eigenvalue weighted by atomic mass is 79.9. The molecule has 0 aliphatic carbocycles. The highest BCUT2D eigenvalue weighted by Crippen LogP contribution is 2.08. The summed E-state index contributed by atoms with van der Waals surface area (Å²) in [6.07, 6.45) is 0. The van der Waals surface area contributed by atoms with Gasteiger partial charge in [-0.2, -0.15) is 0 Å². The van der Waals surface area contributed by atoms with Gasteiger partial charge in [-0.1, -0.05) is 5.16 Å². The third kappa shape index (κ3) is 2.30. The molecule has 4 heteroatoms. The van der Waals surface area contributed by atoms with E-state index in [9.17, 15) is 4.39 Å². The molecular formula is C8H7BrFNO. The molecule has 0 fully saturated rings. The van der Waals surface area contributed by atoms with Gasteiger partial charge in [0.2, 0.25) is 0 Å². The van der Waals surface area contributed by atoms with Crippen LogP contribution in [0.25, 0.3) is 0 Å². The van der Waals surface area contributed by atoms with Crippen molar-refractivity contribution in [1.82, 2.24) is 0 Å². The minimum Gasteiger partial charge on any atom is -0.398 e. The maximum Gasteiger partial charge on any atom is 0.152 e. The van der Waals surface area contributed by atoms with Gasteiger partial charge in [-0.25, -0.2) is 4.39 Å². The summed E-state index contributed by atoms with van der Waals surface area (Å²) in [4.78, 5) is 4.54. The Morgan fingerprint density at radius 1 is 1.42 bits per heavy atom. The molecule has 0 bridgehead atoms. The van der Waals surface area contributed by atoms with E-state index in [1.165, 1.54) is 19.2 Å². The zero-order valence-electron chi connectivity index (χ0n) is 6.42. The summed E-state index contributed by atoms with van der Waals surface area (Å²) in [7, 11) is 1.45. The Hall–Kier alpha value is -0.900. The first-order valence-electron chi connectivity index (χ1n) is 3.26. The second-order valence-electron chi connectivity index (χ2n) is 2.07. The normalized spacial score (nSPS) is 11.4. The molecule has 1 aromatic rings. The van der Waals surface area contributed by atoms with Crippen molar-refractivity contribution < 1.29 is 9.23 Å². The van der Waals surface area contributed by atoms with E-state index in [0.717, 1.165) is 5.56 Å². The predicted molar refractivity (Wildman–Crippen MR) is 48.9 cm³/mol. The lowest BCUT2D eigenvalue weighted by molar-refractivity contribution is 0.215. The topological polar surface area (TPSA) is 21.6 Å². The zero-order valence-corrected chi connectivity index (χ0v) is 8.01. The number of benzene rings is 1. The Kier molecular flexibility index (Phi) is 3.22. The molecule has 12 heavy (non-hydrogen) atoms. The fourth-order valence-electron chi connectivity index (χ4n) is 0.720. The van der Waals surface area contributed by atoms with Crippen molar-refractivity contribution in [3.63, 3.8) is 0 Å². The van der Waals surface area contributed by atoms with Crippen LogP contribution in [0.5, 0.6) is 0 Å². The molecule has 0 aromatic heterocycles. The van der Waals surface area contributed by atoms with Crippen LogP contribution in [0.15, 0.2) is 29.4 Å². The summed E-state index contributed by atoms with van der Waals surface area (Å²) in [6, 6.07) is 5.95. The van der Waals surface area contributed by atoms with Crippen molar-refractivity contribution in [1.29, 1.82) is 0 Å². The van der Waals surface area contributed by atoms with Gasteiger partial charge < -0.3 is 4.84 Å². The van der Waals surface area contributed by atoms with Crippen LogP contribution in [0.2, 0.25) is 0 Å². The smallest absolute Gasteiger partial charge is 0.152 e. The van der Waals surface area contributed by atoms with E-state index in [0.29, 0.717) is 4.62 Å². The van der Waals surface area contributed by atoms with Gasteiger partial charge in [-0.3, -0.25) is 0 Å². The standard InChI is InChI=1S/C8H7BrFNO/c1-12-11-8(9)6-2-4-7(10)5-3-6/h2-5H,1H3/b11-8-. The monoisotopic (exact) mass is 231 g/mol. The van der Waals surface area contributed by atoms with Gasteiger partial charge in [0.25, 0.3) is 0 Å². The molecule has 0 saturated heterocycles. The van der Waals surface area contributed by atoms with E-state index in [1.807, 2.05) is 0 Å². The Morgan fingerprint density at radius 3 is 2.50 bits per heavy atom. The fourth-order valence-corrected chi connectivity index (χ4v) is 1.13. The van der Waals surface area contributed by atoms with Gasteiger partial charge in [0.15, 0.2) is 4.62 Å². The number of rotatable bonds is 2. The molecule has 0 aliphatic heterocycles. The van der Waals surface area contributed by atoms with Gasteiger partial charge in [0, 0.05) is 5.56 Å². The third-order valence-electron chi connectivity index (χ3n) is 1.25. The van der Waals surface area contributed by atoms with Crippen LogP contribution in [0.4, 0.5) is 4.39 Å². The van der Waals surface area contributed by atoms with E-state index in [1.54, 1.807) is 12.1 Å². The van der Waals surface area contributed by atoms with Crippen molar-refractivity contribution in [3.05, 3.63) is 35.6 Å². The van der Waals surface area contributed by atoms with E-state index < -0.39 is 0 Å². The summed E-state index contributed by atoms with van der Waals surface area (Å²) < 4.78 is 13.0. The Balaban J connectivity index is 2.89. The lowest BCUT2D eigenvalue weighted by Crippen LogP contribution is -1.90. The van der Waals surface area contributed by atoms with E-state index in [2.05, 4.69) is 25.9 Å². The molecule has 0 heterocycles. The molecule has 1 aromatic carbocycles. The number of hydrogen-bond donors (Lipinski definition) is 0. The van der Waals surface area contributed by atoms with Gasteiger partial charge in [-0.15, -0.1) is 0 Å². The zero-order chi connectivity index (χ0) is 8.97. The lowest BCUT2D eigenvalue weighted by atomic mass is 10.2. The Bertz CT molecular complexity index is 284.